The molecule has 1 aromatic heterocycles. The second-order valence-electron chi connectivity index (χ2n) is 3.77. The monoisotopic (exact) mass is 257 g/mol. The van der Waals surface area contributed by atoms with Gasteiger partial charge in [0, 0.05) is 5.69 Å². The maximum absolute atomic E-state index is 5.58. The molecule has 2 heterocycles. The Bertz CT molecular complexity index is 350. The molecule has 0 amide bonds. The highest BCUT2D eigenvalue weighted by Crippen LogP contribution is 2.29. The van der Waals surface area contributed by atoms with Crippen molar-refractivity contribution in [2.75, 3.05) is 13.2 Å². The van der Waals surface area contributed by atoms with Crippen LogP contribution >= 0.6 is 15.9 Å². The number of halogens is 1. The molecule has 0 saturated carbocycles. The molecule has 1 unspecified atom stereocenters. The average molecular weight is 258 g/mol. The van der Waals surface area contributed by atoms with Crippen LogP contribution in [0, 0.1) is 6.92 Å². The number of aryl methyl sites for hydroxylation is 1. The number of hydrogen-bond acceptors (Lipinski definition) is 3. The van der Waals surface area contributed by atoms with Crippen molar-refractivity contribution >= 4 is 15.9 Å². The van der Waals surface area contributed by atoms with Crippen molar-refractivity contribution in [1.29, 1.82) is 0 Å². The maximum atomic E-state index is 5.58. The summed E-state index contributed by atoms with van der Waals surface area (Å²) in [6.45, 7) is 5.34. The lowest BCUT2D eigenvalue weighted by atomic mass is 10.2. The van der Waals surface area contributed by atoms with E-state index >= 15 is 0 Å². The van der Waals surface area contributed by atoms with Crippen LogP contribution in [0.3, 0.4) is 0 Å². The van der Waals surface area contributed by atoms with Crippen LogP contribution in [0.25, 0.3) is 0 Å². The van der Waals surface area contributed by atoms with Crippen LogP contribution in [0.5, 0.6) is 5.75 Å². The van der Waals surface area contributed by atoms with Gasteiger partial charge in [-0.1, -0.05) is 0 Å². The van der Waals surface area contributed by atoms with E-state index in [-0.39, 0.29) is 5.60 Å². The Kier molecular flexibility index (Phi) is 2.49. The molecule has 1 aromatic rings. The van der Waals surface area contributed by atoms with Gasteiger partial charge >= 0.3 is 0 Å². The molecule has 3 nitrogen and oxygen atoms in total. The molecule has 1 saturated heterocycles. The van der Waals surface area contributed by atoms with E-state index in [0.29, 0.717) is 6.61 Å². The first-order valence-electron chi connectivity index (χ1n) is 4.49. The van der Waals surface area contributed by atoms with Crippen molar-refractivity contribution in [2.24, 2.45) is 0 Å². The van der Waals surface area contributed by atoms with Crippen molar-refractivity contribution in [3.63, 3.8) is 0 Å². The van der Waals surface area contributed by atoms with Crippen LogP contribution in [-0.4, -0.2) is 23.8 Å². The van der Waals surface area contributed by atoms with Gasteiger partial charge in [-0.05, 0) is 41.9 Å². The zero-order valence-corrected chi connectivity index (χ0v) is 9.80. The lowest BCUT2D eigenvalue weighted by Crippen LogP contribution is -2.17. The summed E-state index contributed by atoms with van der Waals surface area (Å²) < 4.78 is 11.6. The summed E-state index contributed by atoms with van der Waals surface area (Å²) >= 11 is 3.36. The van der Waals surface area contributed by atoms with E-state index in [1.54, 1.807) is 0 Å². The number of aromatic nitrogens is 1. The fourth-order valence-electron chi connectivity index (χ4n) is 1.06. The molecule has 0 bridgehead atoms. The minimum Gasteiger partial charge on any atom is -0.488 e. The molecule has 0 aromatic carbocycles. The minimum absolute atomic E-state index is 0.0790. The Balaban J connectivity index is 2.02. The standard InChI is InChI=1S/C10H12BrNO2/c1-7-3-4-8(9(11)12-7)13-5-10(2)6-14-10/h3-4H,5-6H2,1-2H3. The molecule has 0 N–H and O–H groups in total. The Morgan fingerprint density at radius 2 is 2.36 bits per heavy atom. The Morgan fingerprint density at radius 1 is 1.64 bits per heavy atom. The van der Waals surface area contributed by atoms with E-state index in [2.05, 4.69) is 20.9 Å². The zero-order chi connectivity index (χ0) is 10.2. The van der Waals surface area contributed by atoms with E-state index < -0.39 is 0 Å². The van der Waals surface area contributed by atoms with E-state index in [0.717, 1.165) is 22.7 Å². The van der Waals surface area contributed by atoms with Gasteiger partial charge < -0.3 is 9.47 Å². The lowest BCUT2D eigenvalue weighted by Gasteiger charge is -2.09. The number of nitrogens with zero attached hydrogens (tertiary/aromatic N) is 1. The van der Waals surface area contributed by atoms with Gasteiger partial charge in [0.25, 0.3) is 0 Å². The van der Waals surface area contributed by atoms with Gasteiger partial charge in [-0.3, -0.25) is 0 Å². The highest BCUT2D eigenvalue weighted by Gasteiger charge is 2.40. The summed E-state index contributed by atoms with van der Waals surface area (Å²) in [5.74, 6) is 0.771. The summed E-state index contributed by atoms with van der Waals surface area (Å²) in [4.78, 5) is 4.25. The molecule has 0 spiro atoms. The first kappa shape index (κ1) is 9.93. The van der Waals surface area contributed by atoms with Crippen LogP contribution in [0.15, 0.2) is 16.7 Å². The van der Waals surface area contributed by atoms with Crippen LogP contribution in [0.4, 0.5) is 0 Å². The fraction of sp³-hybridized carbons (Fsp3) is 0.500. The lowest BCUT2D eigenvalue weighted by molar-refractivity contribution is 0.201. The molecule has 76 valence electrons. The Morgan fingerprint density at radius 3 is 2.93 bits per heavy atom. The van der Waals surface area contributed by atoms with Crippen molar-refractivity contribution in [3.05, 3.63) is 22.4 Å². The van der Waals surface area contributed by atoms with Crippen molar-refractivity contribution < 1.29 is 9.47 Å². The van der Waals surface area contributed by atoms with Gasteiger partial charge in [0.1, 0.15) is 16.8 Å². The maximum Gasteiger partial charge on any atom is 0.152 e. The van der Waals surface area contributed by atoms with Crippen LogP contribution in [0.1, 0.15) is 12.6 Å². The molecule has 14 heavy (non-hydrogen) atoms. The third-order valence-corrected chi connectivity index (χ3v) is 2.69. The normalized spacial score (nSPS) is 24.8. The van der Waals surface area contributed by atoms with Gasteiger partial charge in [-0.25, -0.2) is 4.98 Å². The van der Waals surface area contributed by atoms with Crippen molar-refractivity contribution in [3.8, 4) is 5.75 Å². The summed E-state index contributed by atoms with van der Waals surface area (Å²) in [6, 6.07) is 3.84. The predicted octanol–water partition coefficient (Wildman–Crippen LogP) is 2.32. The highest BCUT2D eigenvalue weighted by atomic mass is 79.9. The molecule has 1 aliphatic heterocycles. The molecule has 0 radical (unpaired) electrons. The van der Waals surface area contributed by atoms with Gasteiger partial charge in [0.2, 0.25) is 0 Å². The zero-order valence-electron chi connectivity index (χ0n) is 8.21. The molecular weight excluding hydrogens is 246 g/mol. The third kappa shape index (κ3) is 2.25. The van der Waals surface area contributed by atoms with Crippen LogP contribution < -0.4 is 4.74 Å². The molecule has 2 rings (SSSR count). The summed E-state index contributed by atoms with van der Waals surface area (Å²) in [6.07, 6.45) is 0. The number of ether oxygens (including phenoxy) is 2. The van der Waals surface area contributed by atoms with E-state index in [1.165, 1.54) is 0 Å². The largest absolute Gasteiger partial charge is 0.488 e. The predicted molar refractivity (Wildman–Crippen MR) is 56.5 cm³/mol. The van der Waals surface area contributed by atoms with Gasteiger partial charge in [-0.2, -0.15) is 0 Å². The van der Waals surface area contributed by atoms with E-state index in [4.69, 9.17) is 9.47 Å². The first-order valence-corrected chi connectivity index (χ1v) is 5.28. The molecule has 1 atom stereocenters. The number of rotatable bonds is 3. The Hall–Kier alpha value is -0.610. The number of epoxide rings is 1. The highest BCUT2D eigenvalue weighted by molar-refractivity contribution is 9.10. The smallest absolute Gasteiger partial charge is 0.152 e. The number of pyridine rings is 1. The summed E-state index contributed by atoms with van der Waals surface area (Å²) in [7, 11) is 0. The molecule has 1 aliphatic rings. The van der Waals surface area contributed by atoms with Gasteiger partial charge in [0.15, 0.2) is 5.75 Å². The van der Waals surface area contributed by atoms with Gasteiger partial charge in [-0.15, -0.1) is 0 Å². The van der Waals surface area contributed by atoms with Crippen molar-refractivity contribution in [1.82, 2.24) is 4.98 Å². The molecule has 4 heteroatoms. The molecule has 0 aliphatic carbocycles. The number of hydrogen-bond donors (Lipinski definition) is 0. The summed E-state index contributed by atoms with van der Waals surface area (Å²) in [5, 5.41) is 0. The third-order valence-electron chi connectivity index (χ3n) is 2.12. The van der Waals surface area contributed by atoms with Crippen molar-refractivity contribution in [2.45, 2.75) is 19.4 Å². The second-order valence-corrected chi connectivity index (χ2v) is 4.52. The summed E-state index contributed by atoms with van der Waals surface area (Å²) in [5.41, 5.74) is 0.891. The molecule has 1 fully saturated rings. The molecular formula is C10H12BrNO2. The van der Waals surface area contributed by atoms with Crippen LogP contribution in [-0.2, 0) is 4.74 Å². The first-order chi connectivity index (χ1) is 6.59. The van der Waals surface area contributed by atoms with E-state index in [9.17, 15) is 0 Å². The SMILES string of the molecule is Cc1ccc(OCC2(C)CO2)c(Br)n1. The second kappa shape index (κ2) is 3.51. The van der Waals surface area contributed by atoms with Gasteiger partial charge in [0.05, 0.1) is 6.61 Å². The van der Waals surface area contributed by atoms with E-state index in [1.807, 2.05) is 26.0 Å². The average Bonchev–Trinajstić information content (AvgIpc) is 2.83. The fourth-order valence-corrected chi connectivity index (χ4v) is 1.58. The topological polar surface area (TPSA) is 34.6 Å². The Labute approximate surface area is 91.6 Å². The quantitative estimate of drug-likeness (QED) is 0.616. The minimum atomic E-state index is -0.0790. The van der Waals surface area contributed by atoms with Crippen LogP contribution in [0.2, 0.25) is 0 Å².